The third-order valence-corrected chi connectivity index (χ3v) is 2.99. The van der Waals surface area contributed by atoms with Crippen LogP contribution in [-0.4, -0.2) is 35.8 Å². The number of nitrogens with two attached hydrogens (primary N) is 3. The zero-order valence-electron chi connectivity index (χ0n) is 11.1. The van der Waals surface area contributed by atoms with Crippen LogP contribution in [0.25, 0.3) is 0 Å². The van der Waals surface area contributed by atoms with Crippen LogP contribution in [0.3, 0.4) is 0 Å². The van der Waals surface area contributed by atoms with E-state index in [-0.39, 0.29) is 17.8 Å². The summed E-state index contributed by atoms with van der Waals surface area (Å²) in [5.41, 5.74) is 17.2. The smallest absolute Gasteiger partial charge is 0.253 e. The number of amides is 1. The maximum atomic E-state index is 12.1. The Bertz CT molecular complexity index is 538. The molecule has 0 unspecified atom stereocenters. The van der Waals surface area contributed by atoms with Gasteiger partial charge in [-0.05, 0) is 37.1 Å². The predicted octanol–water partition coefficient (Wildman–Crippen LogP) is 0.142. The lowest BCUT2D eigenvalue weighted by molar-refractivity contribution is 0.0793. The molecule has 20 heavy (non-hydrogen) atoms. The monoisotopic (exact) mass is 274 g/mol. The molecule has 1 aromatic rings. The van der Waals surface area contributed by atoms with Gasteiger partial charge < -0.3 is 22.1 Å². The van der Waals surface area contributed by atoms with Crippen molar-refractivity contribution in [1.82, 2.24) is 4.90 Å². The van der Waals surface area contributed by atoms with Crippen LogP contribution >= 0.6 is 0 Å². The van der Waals surface area contributed by atoms with Gasteiger partial charge in [-0.25, -0.2) is 4.99 Å². The lowest BCUT2D eigenvalue weighted by Gasteiger charge is -2.14. The average Bonchev–Trinajstić information content (AvgIpc) is 2.91. The van der Waals surface area contributed by atoms with E-state index in [1.54, 1.807) is 24.3 Å². The van der Waals surface area contributed by atoms with Crippen molar-refractivity contribution >= 4 is 23.5 Å². The number of aliphatic imine (C=N–C) groups is 2. The van der Waals surface area contributed by atoms with E-state index in [2.05, 4.69) is 9.98 Å². The summed E-state index contributed by atoms with van der Waals surface area (Å²) >= 11 is 0. The van der Waals surface area contributed by atoms with Crippen LogP contribution in [0.4, 0.5) is 5.69 Å². The molecule has 7 heteroatoms. The van der Waals surface area contributed by atoms with Crippen molar-refractivity contribution in [2.75, 3.05) is 13.1 Å². The zero-order chi connectivity index (χ0) is 14.5. The Morgan fingerprint density at radius 3 is 2.20 bits per heavy atom. The second-order valence-electron chi connectivity index (χ2n) is 4.55. The molecule has 7 nitrogen and oxygen atoms in total. The third kappa shape index (κ3) is 3.47. The molecule has 0 aromatic heterocycles. The fraction of sp³-hybridized carbons (Fsp3) is 0.308. The molecular formula is C13H18N6O. The number of guanidine groups is 2. The minimum absolute atomic E-state index is 0.0244. The largest absolute Gasteiger partial charge is 0.370 e. The summed E-state index contributed by atoms with van der Waals surface area (Å²) in [6, 6.07) is 6.86. The molecule has 106 valence electrons. The molecule has 1 fully saturated rings. The molecule has 1 heterocycles. The predicted molar refractivity (Wildman–Crippen MR) is 78.7 cm³/mol. The van der Waals surface area contributed by atoms with Crippen molar-refractivity contribution in [3.05, 3.63) is 29.8 Å². The van der Waals surface area contributed by atoms with E-state index in [9.17, 15) is 4.79 Å². The number of nitrogens with zero attached hydrogens (tertiary/aromatic N) is 3. The standard InChI is InChI=1S/C13H18N6O/c14-12(15)18-13(16)17-10-5-3-9(4-6-10)11(20)19-7-1-2-8-19/h3-6H,1-2,7-8H2,(H6,14,15,16,17,18). The summed E-state index contributed by atoms with van der Waals surface area (Å²) in [6.45, 7) is 1.66. The van der Waals surface area contributed by atoms with Crippen LogP contribution in [0.2, 0.25) is 0 Å². The molecule has 0 aliphatic carbocycles. The molecule has 1 amide bonds. The van der Waals surface area contributed by atoms with Gasteiger partial charge in [0.25, 0.3) is 5.91 Å². The minimum Gasteiger partial charge on any atom is -0.370 e. The molecular weight excluding hydrogens is 256 g/mol. The van der Waals surface area contributed by atoms with Gasteiger partial charge in [-0.15, -0.1) is 0 Å². The van der Waals surface area contributed by atoms with Crippen molar-refractivity contribution < 1.29 is 4.79 Å². The Labute approximate surface area is 117 Å². The summed E-state index contributed by atoms with van der Waals surface area (Å²) in [4.78, 5) is 21.6. The van der Waals surface area contributed by atoms with E-state index in [0.29, 0.717) is 11.3 Å². The molecule has 1 aliphatic rings. The molecule has 6 N–H and O–H groups in total. The number of likely N-dealkylation sites (tertiary alicyclic amines) is 1. The Morgan fingerprint density at radius 2 is 1.65 bits per heavy atom. The first-order chi connectivity index (χ1) is 9.56. The highest BCUT2D eigenvalue weighted by atomic mass is 16.2. The van der Waals surface area contributed by atoms with Crippen LogP contribution in [-0.2, 0) is 0 Å². The van der Waals surface area contributed by atoms with E-state index in [4.69, 9.17) is 17.2 Å². The molecule has 0 spiro atoms. The normalized spacial score (nSPS) is 15.2. The van der Waals surface area contributed by atoms with Gasteiger partial charge in [-0.3, -0.25) is 4.79 Å². The van der Waals surface area contributed by atoms with Gasteiger partial charge in [-0.2, -0.15) is 4.99 Å². The highest BCUT2D eigenvalue weighted by Crippen LogP contribution is 2.17. The molecule has 0 atom stereocenters. The lowest BCUT2D eigenvalue weighted by Crippen LogP contribution is -2.27. The number of hydrogen-bond donors (Lipinski definition) is 3. The maximum absolute atomic E-state index is 12.1. The van der Waals surface area contributed by atoms with Crippen molar-refractivity contribution in [2.45, 2.75) is 12.8 Å². The molecule has 0 bridgehead atoms. The summed E-state index contributed by atoms with van der Waals surface area (Å²) in [5, 5.41) is 0. The second-order valence-corrected chi connectivity index (χ2v) is 4.55. The first-order valence-electron chi connectivity index (χ1n) is 6.39. The van der Waals surface area contributed by atoms with E-state index in [1.807, 2.05) is 4.90 Å². The van der Waals surface area contributed by atoms with Gasteiger partial charge in [-0.1, -0.05) is 0 Å². The first-order valence-corrected chi connectivity index (χ1v) is 6.39. The Balaban J connectivity index is 2.10. The third-order valence-electron chi connectivity index (χ3n) is 2.99. The van der Waals surface area contributed by atoms with Crippen LogP contribution in [0, 0.1) is 0 Å². The molecule has 1 saturated heterocycles. The summed E-state index contributed by atoms with van der Waals surface area (Å²) in [5.74, 6) is -0.120. The van der Waals surface area contributed by atoms with E-state index >= 15 is 0 Å². The molecule has 0 radical (unpaired) electrons. The van der Waals surface area contributed by atoms with Crippen LogP contribution in [0.5, 0.6) is 0 Å². The van der Waals surface area contributed by atoms with E-state index in [1.165, 1.54) is 0 Å². The maximum Gasteiger partial charge on any atom is 0.253 e. The van der Waals surface area contributed by atoms with Crippen molar-refractivity contribution in [2.24, 2.45) is 27.2 Å². The highest BCUT2D eigenvalue weighted by molar-refractivity contribution is 5.95. The average molecular weight is 274 g/mol. The fourth-order valence-corrected chi connectivity index (χ4v) is 2.07. The molecule has 0 saturated carbocycles. The van der Waals surface area contributed by atoms with Gasteiger partial charge in [0, 0.05) is 18.7 Å². The SMILES string of the molecule is NC(N)=NC(N)=Nc1ccc(C(=O)N2CCCC2)cc1. The van der Waals surface area contributed by atoms with Gasteiger partial charge in [0.05, 0.1) is 5.69 Å². The minimum atomic E-state index is -0.146. The second kappa shape index (κ2) is 6.05. The van der Waals surface area contributed by atoms with Gasteiger partial charge >= 0.3 is 0 Å². The molecule has 2 rings (SSSR count). The Hall–Kier alpha value is -2.57. The number of carbonyl (C=O) groups is 1. The number of hydrogen-bond acceptors (Lipinski definition) is 2. The van der Waals surface area contributed by atoms with Crippen molar-refractivity contribution in [3.8, 4) is 0 Å². The van der Waals surface area contributed by atoms with E-state index < -0.39 is 0 Å². The summed E-state index contributed by atoms with van der Waals surface area (Å²) < 4.78 is 0. The number of benzene rings is 1. The van der Waals surface area contributed by atoms with Crippen LogP contribution in [0.1, 0.15) is 23.2 Å². The molecule has 1 aromatic carbocycles. The first kappa shape index (κ1) is 13.9. The topological polar surface area (TPSA) is 123 Å². The van der Waals surface area contributed by atoms with E-state index in [0.717, 1.165) is 25.9 Å². The number of rotatable bonds is 2. The van der Waals surface area contributed by atoms with Gasteiger partial charge in [0.2, 0.25) is 5.96 Å². The van der Waals surface area contributed by atoms with Crippen LogP contribution < -0.4 is 17.2 Å². The van der Waals surface area contributed by atoms with Crippen molar-refractivity contribution in [3.63, 3.8) is 0 Å². The van der Waals surface area contributed by atoms with Gasteiger partial charge in [0.1, 0.15) is 0 Å². The van der Waals surface area contributed by atoms with Crippen LogP contribution in [0.15, 0.2) is 34.3 Å². The highest BCUT2D eigenvalue weighted by Gasteiger charge is 2.18. The lowest BCUT2D eigenvalue weighted by atomic mass is 10.2. The Kier molecular flexibility index (Phi) is 4.19. The zero-order valence-corrected chi connectivity index (χ0v) is 11.1. The fourth-order valence-electron chi connectivity index (χ4n) is 2.07. The summed E-state index contributed by atoms with van der Waals surface area (Å²) in [7, 11) is 0. The van der Waals surface area contributed by atoms with Crippen molar-refractivity contribution in [1.29, 1.82) is 0 Å². The summed E-state index contributed by atoms with van der Waals surface area (Å²) in [6.07, 6.45) is 2.15. The van der Waals surface area contributed by atoms with Gasteiger partial charge in [0.15, 0.2) is 5.96 Å². The Morgan fingerprint density at radius 1 is 1.05 bits per heavy atom. The molecule has 1 aliphatic heterocycles. The number of carbonyl (C=O) groups excluding carboxylic acids is 1. The quantitative estimate of drug-likeness (QED) is 0.524.